The van der Waals surface area contributed by atoms with Gasteiger partial charge >= 0.3 is 0 Å². The lowest BCUT2D eigenvalue weighted by Gasteiger charge is -2.07. The molecule has 0 bridgehead atoms. The number of ether oxygens (including phenoxy) is 1. The molecule has 1 aromatic rings. The first kappa shape index (κ1) is 7.91. The Labute approximate surface area is 66.0 Å². The van der Waals surface area contributed by atoms with Crippen LogP contribution in [-0.2, 0) is 7.05 Å². The van der Waals surface area contributed by atoms with E-state index in [4.69, 9.17) is 10.5 Å². The Morgan fingerprint density at radius 1 is 1.64 bits per heavy atom. The van der Waals surface area contributed by atoms with Gasteiger partial charge in [-0.3, -0.25) is 0 Å². The van der Waals surface area contributed by atoms with Crippen LogP contribution in [0.2, 0.25) is 0 Å². The minimum Gasteiger partial charge on any atom is -0.462 e. The summed E-state index contributed by atoms with van der Waals surface area (Å²) >= 11 is 0. The maximum absolute atomic E-state index is 5.44. The van der Waals surface area contributed by atoms with Crippen molar-refractivity contribution in [2.45, 2.75) is 20.0 Å². The van der Waals surface area contributed by atoms with E-state index in [1.807, 2.05) is 20.9 Å². The lowest BCUT2D eigenvalue weighted by atomic mass is 10.5. The molecule has 0 fully saturated rings. The van der Waals surface area contributed by atoms with E-state index in [2.05, 4.69) is 4.98 Å². The zero-order valence-corrected chi connectivity index (χ0v) is 7.03. The van der Waals surface area contributed by atoms with Crippen molar-refractivity contribution in [3.8, 4) is 6.01 Å². The van der Waals surface area contributed by atoms with Gasteiger partial charge in [-0.2, -0.15) is 4.98 Å². The molecule has 0 aromatic carbocycles. The Morgan fingerprint density at radius 2 is 2.27 bits per heavy atom. The second-order valence-corrected chi connectivity index (χ2v) is 2.73. The molecule has 1 aromatic heterocycles. The molecule has 0 amide bonds. The van der Waals surface area contributed by atoms with Crippen LogP contribution in [0.3, 0.4) is 0 Å². The Hall–Kier alpha value is -1.19. The summed E-state index contributed by atoms with van der Waals surface area (Å²) in [7, 11) is 1.85. The first-order valence-corrected chi connectivity index (χ1v) is 3.55. The highest BCUT2D eigenvalue weighted by atomic mass is 16.5. The molecule has 2 N–H and O–H groups in total. The van der Waals surface area contributed by atoms with Gasteiger partial charge in [-0.1, -0.05) is 0 Å². The number of nitrogens with zero attached hydrogens (tertiary/aromatic N) is 2. The second kappa shape index (κ2) is 2.82. The van der Waals surface area contributed by atoms with Gasteiger partial charge in [0.25, 0.3) is 6.01 Å². The van der Waals surface area contributed by atoms with Gasteiger partial charge < -0.3 is 15.0 Å². The van der Waals surface area contributed by atoms with Crippen LogP contribution in [0.15, 0.2) is 6.20 Å². The normalized spacial score (nSPS) is 10.5. The average Bonchev–Trinajstić information content (AvgIpc) is 2.09. The third-order valence-electron chi connectivity index (χ3n) is 1.19. The van der Waals surface area contributed by atoms with Gasteiger partial charge in [0.15, 0.2) is 0 Å². The highest BCUT2D eigenvalue weighted by molar-refractivity contribution is 5.27. The summed E-state index contributed by atoms with van der Waals surface area (Å²) < 4.78 is 7.10. The highest BCUT2D eigenvalue weighted by Gasteiger charge is 2.04. The molecule has 1 rings (SSSR count). The number of aromatic nitrogens is 2. The van der Waals surface area contributed by atoms with Crippen LogP contribution in [0.5, 0.6) is 6.01 Å². The van der Waals surface area contributed by atoms with E-state index in [9.17, 15) is 0 Å². The van der Waals surface area contributed by atoms with Crippen molar-refractivity contribution in [1.82, 2.24) is 9.55 Å². The van der Waals surface area contributed by atoms with Crippen LogP contribution < -0.4 is 10.5 Å². The summed E-state index contributed by atoms with van der Waals surface area (Å²) in [5.41, 5.74) is 5.44. The first-order chi connectivity index (χ1) is 5.09. The van der Waals surface area contributed by atoms with Gasteiger partial charge in [-0.05, 0) is 13.8 Å². The molecule has 0 aliphatic rings. The van der Waals surface area contributed by atoms with Crippen LogP contribution >= 0.6 is 0 Å². The zero-order chi connectivity index (χ0) is 8.43. The van der Waals surface area contributed by atoms with E-state index in [1.54, 1.807) is 10.8 Å². The summed E-state index contributed by atoms with van der Waals surface area (Å²) in [5, 5.41) is 0. The summed E-state index contributed by atoms with van der Waals surface area (Å²) in [6.07, 6.45) is 1.85. The molecule has 0 aliphatic heterocycles. The van der Waals surface area contributed by atoms with E-state index in [1.165, 1.54) is 0 Å². The van der Waals surface area contributed by atoms with Gasteiger partial charge in [0, 0.05) is 7.05 Å². The van der Waals surface area contributed by atoms with Crippen LogP contribution in [0.4, 0.5) is 5.82 Å². The van der Waals surface area contributed by atoms with Crippen molar-refractivity contribution >= 4 is 5.82 Å². The smallest absolute Gasteiger partial charge is 0.298 e. The van der Waals surface area contributed by atoms with E-state index < -0.39 is 0 Å². The number of imidazole rings is 1. The number of nitrogen functional groups attached to an aromatic ring is 1. The van der Waals surface area contributed by atoms with Gasteiger partial charge in [0.2, 0.25) is 0 Å². The summed E-state index contributed by atoms with van der Waals surface area (Å²) in [6.45, 7) is 3.90. The van der Waals surface area contributed by atoms with Gasteiger partial charge in [-0.25, -0.2) is 0 Å². The molecule has 1 heterocycles. The molecule has 4 heteroatoms. The zero-order valence-electron chi connectivity index (χ0n) is 7.03. The summed E-state index contributed by atoms with van der Waals surface area (Å²) in [5.74, 6) is 0.489. The van der Waals surface area contributed by atoms with E-state index in [-0.39, 0.29) is 6.10 Å². The topological polar surface area (TPSA) is 53.1 Å². The number of aryl methyl sites for hydroxylation is 1. The molecular weight excluding hydrogens is 142 g/mol. The fraction of sp³-hybridized carbons (Fsp3) is 0.571. The molecule has 0 spiro atoms. The number of anilines is 1. The molecule has 0 radical (unpaired) electrons. The number of hydrogen-bond acceptors (Lipinski definition) is 3. The maximum Gasteiger partial charge on any atom is 0.298 e. The molecule has 0 unspecified atom stereocenters. The van der Waals surface area contributed by atoms with Crippen LogP contribution in [0.1, 0.15) is 13.8 Å². The minimum absolute atomic E-state index is 0.135. The lowest BCUT2D eigenvalue weighted by Crippen LogP contribution is -2.09. The SMILES string of the molecule is CC(C)Oc1nc(N)cn1C. The summed E-state index contributed by atoms with van der Waals surface area (Å²) in [4.78, 5) is 3.97. The van der Waals surface area contributed by atoms with Crippen LogP contribution in [0.25, 0.3) is 0 Å². The fourth-order valence-electron chi connectivity index (χ4n) is 0.792. The van der Waals surface area contributed by atoms with Crippen LogP contribution in [0, 0.1) is 0 Å². The molecule has 0 saturated heterocycles. The highest BCUT2D eigenvalue weighted by Crippen LogP contribution is 2.11. The van der Waals surface area contributed by atoms with Crippen LogP contribution in [-0.4, -0.2) is 15.7 Å². The van der Waals surface area contributed by atoms with Gasteiger partial charge in [-0.15, -0.1) is 0 Å². The molecule has 0 aliphatic carbocycles. The van der Waals surface area contributed by atoms with Crippen molar-refractivity contribution in [3.05, 3.63) is 6.20 Å². The Kier molecular flexibility index (Phi) is 2.03. The minimum atomic E-state index is 0.135. The predicted octanol–water partition coefficient (Wildman–Crippen LogP) is 0.790. The third-order valence-corrected chi connectivity index (χ3v) is 1.19. The van der Waals surface area contributed by atoms with E-state index in [0.29, 0.717) is 11.8 Å². The van der Waals surface area contributed by atoms with Crippen molar-refractivity contribution in [2.24, 2.45) is 7.05 Å². The molecule has 4 nitrogen and oxygen atoms in total. The lowest BCUT2D eigenvalue weighted by molar-refractivity contribution is 0.215. The number of rotatable bonds is 2. The van der Waals surface area contributed by atoms with Crippen molar-refractivity contribution in [3.63, 3.8) is 0 Å². The van der Waals surface area contributed by atoms with Crippen molar-refractivity contribution in [1.29, 1.82) is 0 Å². The maximum atomic E-state index is 5.44. The predicted molar refractivity (Wildman–Crippen MR) is 43.4 cm³/mol. The average molecular weight is 155 g/mol. The first-order valence-electron chi connectivity index (χ1n) is 3.55. The number of hydrogen-bond donors (Lipinski definition) is 1. The van der Waals surface area contributed by atoms with E-state index >= 15 is 0 Å². The van der Waals surface area contributed by atoms with Gasteiger partial charge in [0.05, 0.1) is 12.3 Å². The van der Waals surface area contributed by atoms with Gasteiger partial charge in [0.1, 0.15) is 5.82 Å². The third kappa shape index (κ3) is 1.86. The van der Waals surface area contributed by atoms with Crippen molar-refractivity contribution < 1.29 is 4.74 Å². The molecule has 0 atom stereocenters. The molecule has 11 heavy (non-hydrogen) atoms. The standard InChI is InChI=1S/C7H13N3O/c1-5(2)11-7-9-6(8)4-10(7)3/h4-5H,8H2,1-3H3. The van der Waals surface area contributed by atoms with Crippen molar-refractivity contribution in [2.75, 3.05) is 5.73 Å². The summed E-state index contributed by atoms with van der Waals surface area (Å²) in [6, 6.07) is 0.567. The number of nitrogens with two attached hydrogens (primary N) is 1. The Morgan fingerprint density at radius 3 is 2.64 bits per heavy atom. The second-order valence-electron chi connectivity index (χ2n) is 2.73. The molecule has 0 saturated carbocycles. The quantitative estimate of drug-likeness (QED) is 0.687. The monoisotopic (exact) mass is 155 g/mol. The molecular formula is C7H13N3O. The Balaban J connectivity index is 2.77. The largest absolute Gasteiger partial charge is 0.462 e. The van der Waals surface area contributed by atoms with E-state index in [0.717, 1.165) is 0 Å². The fourth-order valence-corrected chi connectivity index (χ4v) is 0.792. The molecule has 62 valence electrons. The Bertz CT molecular complexity index is 242.